The van der Waals surface area contributed by atoms with Gasteiger partial charge in [-0.15, -0.1) is 0 Å². The first-order chi connectivity index (χ1) is 8.72. The molecule has 0 spiro atoms. The highest BCUT2D eigenvalue weighted by Crippen LogP contribution is 2.40. The van der Waals surface area contributed by atoms with Crippen LogP contribution in [-0.4, -0.2) is 38.6 Å². The van der Waals surface area contributed by atoms with Gasteiger partial charge in [0.25, 0.3) is 0 Å². The molecule has 108 valence electrons. The molecule has 18 heavy (non-hydrogen) atoms. The van der Waals surface area contributed by atoms with Crippen molar-refractivity contribution in [3.8, 4) is 0 Å². The molecule has 1 heterocycles. The molecule has 0 amide bonds. The molecule has 0 aliphatic carbocycles. The molecule has 0 aromatic heterocycles. The Hall–Kier alpha value is -0.0800. The smallest absolute Gasteiger partial charge is 0.00216 e. The molecule has 0 aromatic carbocycles. The molecule has 0 radical (unpaired) electrons. The summed E-state index contributed by atoms with van der Waals surface area (Å²) in [5.41, 5.74) is 0.675. The van der Waals surface area contributed by atoms with Gasteiger partial charge in [0.1, 0.15) is 0 Å². The summed E-state index contributed by atoms with van der Waals surface area (Å²) in [5.74, 6) is 0. The second-order valence-electron chi connectivity index (χ2n) is 6.32. The number of hydrogen-bond acceptors (Lipinski definition) is 2. The van der Waals surface area contributed by atoms with Crippen LogP contribution in [0, 0.1) is 5.41 Å². The molecule has 1 aliphatic rings. The average molecular weight is 254 g/mol. The van der Waals surface area contributed by atoms with Crippen LogP contribution in [0.5, 0.6) is 0 Å². The number of unbranched alkanes of at least 4 members (excludes halogenated alkanes) is 1. The Morgan fingerprint density at radius 3 is 2.22 bits per heavy atom. The van der Waals surface area contributed by atoms with E-state index in [-0.39, 0.29) is 0 Å². The van der Waals surface area contributed by atoms with Crippen molar-refractivity contribution in [3.63, 3.8) is 0 Å². The molecule has 1 saturated heterocycles. The van der Waals surface area contributed by atoms with Crippen LogP contribution in [0.15, 0.2) is 0 Å². The molecule has 0 aromatic rings. The molecule has 0 atom stereocenters. The van der Waals surface area contributed by atoms with Gasteiger partial charge in [-0.3, -0.25) is 0 Å². The summed E-state index contributed by atoms with van der Waals surface area (Å²) in [6.45, 7) is 6.13. The van der Waals surface area contributed by atoms with E-state index in [1.54, 1.807) is 0 Å². The predicted molar refractivity (Wildman–Crippen MR) is 81.1 cm³/mol. The van der Waals surface area contributed by atoms with Gasteiger partial charge in [0.15, 0.2) is 0 Å². The highest BCUT2D eigenvalue weighted by atomic mass is 15.1. The van der Waals surface area contributed by atoms with Crippen LogP contribution in [-0.2, 0) is 0 Å². The fourth-order valence-electron chi connectivity index (χ4n) is 3.50. The molecule has 2 nitrogen and oxygen atoms in total. The predicted octanol–water partition coefficient (Wildman–Crippen LogP) is 3.67. The normalized spacial score (nSPS) is 21.5. The zero-order valence-corrected chi connectivity index (χ0v) is 12.9. The Labute approximate surface area is 115 Å². The molecule has 0 bridgehead atoms. The number of nitrogens with zero attached hydrogens (tertiary/aromatic N) is 1. The fourth-order valence-corrected chi connectivity index (χ4v) is 3.50. The van der Waals surface area contributed by atoms with Crippen molar-refractivity contribution in [3.05, 3.63) is 0 Å². The van der Waals surface area contributed by atoms with E-state index in [1.807, 2.05) is 0 Å². The van der Waals surface area contributed by atoms with Gasteiger partial charge < -0.3 is 10.2 Å². The molecule has 1 aliphatic heterocycles. The third-order valence-electron chi connectivity index (χ3n) is 4.69. The van der Waals surface area contributed by atoms with Gasteiger partial charge in [-0.2, -0.15) is 0 Å². The van der Waals surface area contributed by atoms with Gasteiger partial charge >= 0.3 is 0 Å². The Kier molecular flexibility index (Phi) is 7.92. The SMILES string of the molecule is CCCCC1(CCCNC)CCCN(C)CCC1. The van der Waals surface area contributed by atoms with Crippen LogP contribution in [0.25, 0.3) is 0 Å². The first-order valence-corrected chi connectivity index (χ1v) is 8.05. The van der Waals surface area contributed by atoms with Crippen LogP contribution in [0.2, 0.25) is 0 Å². The minimum Gasteiger partial charge on any atom is -0.320 e. The van der Waals surface area contributed by atoms with Gasteiger partial charge in [0.2, 0.25) is 0 Å². The van der Waals surface area contributed by atoms with E-state index in [0.717, 1.165) is 0 Å². The summed E-state index contributed by atoms with van der Waals surface area (Å²) < 4.78 is 0. The van der Waals surface area contributed by atoms with Crippen LogP contribution in [0.1, 0.15) is 64.7 Å². The maximum Gasteiger partial charge on any atom is -0.00216 e. The fraction of sp³-hybridized carbons (Fsp3) is 1.00. The molecule has 2 heteroatoms. The number of rotatable bonds is 7. The van der Waals surface area contributed by atoms with E-state index < -0.39 is 0 Å². The Bertz CT molecular complexity index is 188. The van der Waals surface area contributed by atoms with Crippen LogP contribution >= 0.6 is 0 Å². The van der Waals surface area contributed by atoms with E-state index in [1.165, 1.54) is 77.4 Å². The molecule has 0 saturated carbocycles. The monoisotopic (exact) mass is 254 g/mol. The highest BCUT2D eigenvalue weighted by molar-refractivity contribution is 4.82. The van der Waals surface area contributed by atoms with Crippen molar-refractivity contribution in [2.75, 3.05) is 33.7 Å². The van der Waals surface area contributed by atoms with Crippen molar-refractivity contribution in [2.45, 2.75) is 64.7 Å². The van der Waals surface area contributed by atoms with E-state index in [2.05, 4.69) is 31.2 Å². The van der Waals surface area contributed by atoms with E-state index in [9.17, 15) is 0 Å². The molecule has 0 unspecified atom stereocenters. The molecular formula is C16H34N2. The van der Waals surface area contributed by atoms with Crippen molar-refractivity contribution >= 4 is 0 Å². The maximum atomic E-state index is 3.31. The molecule has 1 N–H and O–H groups in total. The quantitative estimate of drug-likeness (QED) is 0.697. The topological polar surface area (TPSA) is 15.3 Å². The lowest BCUT2D eigenvalue weighted by Gasteiger charge is -2.37. The third-order valence-corrected chi connectivity index (χ3v) is 4.69. The minimum absolute atomic E-state index is 0.675. The van der Waals surface area contributed by atoms with E-state index in [0.29, 0.717) is 5.41 Å². The number of likely N-dealkylation sites (tertiary alicyclic amines) is 1. The van der Waals surface area contributed by atoms with Gasteiger partial charge in [-0.25, -0.2) is 0 Å². The largest absolute Gasteiger partial charge is 0.320 e. The Morgan fingerprint density at radius 1 is 1.06 bits per heavy atom. The van der Waals surface area contributed by atoms with Crippen LogP contribution < -0.4 is 5.32 Å². The zero-order chi connectivity index (χ0) is 13.3. The summed E-state index contributed by atoms with van der Waals surface area (Å²) in [6.07, 6.45) is 12.8. The standard InChI is InChI=1S/C16H34N2/c1-4-5-9-16(10-6-13-17-2)11-7-14-18(3)15-8-12-16/h17H,4-15H2,1-3H3. The van der Waals surface area contributed by atoms with Gasteiger partial charge in [-0.05, 0) is 84.1 Å². The minimum atomic E-state index is 0.675. The molecule has 1 fully saturated rings. The summed E-state index contributed by atoms with van der Waals surface area (Å²) in [6, 6.07) is 0. The number of nitrogens with one attached hydrogen (secondary N) is 1. The first kappa shape index (κ1) is 16.0. The van der Waals surface area contributed by atoms with Gasteiger partial charge in [-0.1, -0.05) is 19.8 Å². The van der Waals surface area contributed by atoms with Crippen molar-refractivity contribution < 1.29 is 0 Å². The van der Waals surface area contributed by atoms with Crippen molar-refractivity contribution in [1.29, 1.82) is 0 Å². The third kappa shape index (κ3) is 5.71. The Morgan fingerprint density at radius 2 is 1.67 bits per heavy atom. The first-order valence-electron chi connectivity index (χ1n) is 8.05. The lowest BCUT2D eigenvalue weighted by atomic mass is 9.71. The average Bonchev–Trinajstić information content (AvgIpc) is 2.34. The molecular weight excluding hydrogens is 220 g/mol. The lowest BCUT2D eigenvalue weighted by molar-refractivity contribution is 0.142. The van der Waals surface area contributed by atoms with Crippen molar-refractivity contribution in [2.24, 2.45) is 5.41 Å². The second kappa shape index (κ2) is 8.92. The summed E-state index contributed by atoms with van der Waals surface area (Å²) in [5, 5.41) is 3.31. The van der Waals surface area contributed by atoms with Crippen LogP contribution in [0.3, 0.4) is 0 Å². The maximum absolute atomic E-state index is 3.31. The van der Waals surface area contributed by atoms with Crippen molar-refractivity contribution in [1.82, 2.24) is 10.2 Å². The summed E-state index contributed by atoms with van der Waals surface area (Å²) in [7, 11) is 4.35. The van der Waals surface area contributed by atoms with E-state index in [4.69, 9.17) is 0 Å². The second-order valence-corrected chi connectivity index (χ2v) is 6.32. The zero-order valence-electron chi connectivity index (χ0n) is 12.9. The summed E-state index contributed by atoms with van der Waals surface area (Å²) in [4.78, 5) is 2.51. The number of hydrogen-bond donors (Lipinski definition) is 1. The van der Waals surface area contributed by atoms with E-state index >= 15 is 0 Å². The Balaban J connectivity index is 2.50. The van der Waals surface area contributed by atoms with Gasteiger partial charge in [0.05, 0.1) is 0 Å². The van der Waals surface area contributed by atoms with Crippen LogP contribution in [0.4, 0.5) is 0 Å². The summed E-state index contributed by atoms with van der Waals surface area (Å²) >= 11 is 0. The van der Waals surface area contributed by atoms with Gasteiger partial charge in [0, 0.05) is 0 Å². The molecule has 1 rings (SSSR count). The highest BCUT2D eigenvalue weighted by Gasteiger charge is 2.29. The lowest BCUT2D eigenvalue weighted by Crippen LogP contribution is -2.31.